The zero-order valence-corrected chi connectivity index (χ0v) is 18.1. The van der Waals surface area contributed by atoms with Crippen molar-refractivity contribution in [3.05, 3.63) is 95.1 Å². The Labute approximate surface area is 178 Å². The summed E-state index contributed by atoms with van der Waals surface area (Å²) >= 11 is 0. The van der Waals surface area contributed by atoms with E-state index in [9.17, 15) is 8.42 Å². The molecule has 0 aliphatic carbocycles. The standard InChI is InChI=1S/C25H24N2O2S/c1-17(2)20-12-10-19(11-13-20)16-23-22-6-4-5-7-24(22)26-25(23)27-30(28,29)21-14-8-18(3)9-15-21/h4-17H,1-3H3,(H,26,27)/b23-16-. The highest BCUT2D eigenvalue weighted by Gasteiger charge is 2.25. The molecule has 0 atom stereocenters. The summed E-state index contributed by atoms with van der Waals surface area (Å²) < 4.78 is 30.0. The van der Waals surface area contributed by atoms with Crippen LogP contribution in [0.4, 0.5) is 5.69 Å². The molecule has 1 aliphatic heterocycles. The monoisotopic (exact) mass is 416 g/mol. The fourth-order valence-electron chi connectivity index (χ4n) is 3.39. The predicted octanol–water partition coefficient (Wildman–Crippen LogP) is 5.87. The normalized spacial score (nSPS) is 16.1. The van der Waals surface area contributed by atoms with E-state index in [1.165, 1.54) is 5.56 Å². The summed E-state index contributed by atoms with van der Waals surface area (Å²) in [6, 6.07) is 22.8. The highest BCUT2D eigenvalue weighted by Crippen LogP contribution is 2.34. The lowest BCUT2D eigenvalue weighted by Gasteiger charge is -2.06. The van der Waals surface area contributed by atoms with Crippen LogP contribution in [0.3, 0.4) is 0 Å². The molecule has 4 rings (SSSR count). The van der Waals surface area contributed by atoms with E-state index < -0.39 is 10.0 Å². The van der Waals surface area contributed by atoms with Crippen LogP contribution in [0.25, 0.3) is 11.6 Å². The van der Waals surface area contributed by atoms with Gasteiger partial charge in [-0.2, -0.15) is 8.42 Å². The number of rotatable bonds is 4. The van der Waals surface area contributed by atoms with Crippen LogP contribution in [0.2, 0.25) is 0 Å². The van der Waals surface area contributed by atoms with E-state index in [4.69, 9.17) is 0 Å². The van der Waals surface area contributed by atoms with Gasteiger partial charge < -0.3 is 5.32 Å². The summed E-state index contributed by atoms with van der Waals surface area (Å²) in [6.45, 7) is 6.24. The average Bonchev–Trinajstić information content (AvgIpc) is 3.05. The molecule has 0 radical (unpaired) electrons. The van der Waals surface area contributed by atoms with E-state index >= 15 is 0 Å². The number of sulfonamides is 1. The van der Waals surface area contributed by atoms with Gasteiger partial charge in [0.05, 0.1) is 4.90 Å². The van der Waals surface area contributed by atoms with Crippen LogP contribution in [0.15, 0.2) is 82.1 Å². The Hall–Kier alpha value is -3.18. The first-order valence-corrected chi connectivity index (χ1v) is 11.4. The lowest BCUT2D eigenvalue weighted by atomic mass is 9.99. The Morgan fingerprint density at radius 1 is 0.900 bits per heavy atom. The van der Waals surface area contributed by atoms with Crippen LogP contribution in [0.1, 0.15) is 42.0 Å². The van der Waals surface area contributed by atoms with Crippen LogP contribution in [-0.2, 0) is 10.0 Å². The van der Waals surface area contributed by atoms with Gasteiger partial charge in [-0.3, -0.25) is 0 Å². The Bertz CT molecular complexity index is 1240. The molecule has 0 aromatic heterocycles. The van der Waals surface area contributed by atoms with Crippen molar-refractivity contribution in [2.75, 3.05) is 5.32 Å². The van der Waals surface area contributed by atoms with Crippen molar-refractivity contribution in [3.63, 3.8) is 0 Å². The smallest absolute Gasteiger partial charge is 0.284 e. The van der Waals surface area contributed by atoms with E-state index in [1.807, 2.05) is 37.3 Å². The number of amidine groups is 1. The molecule has 0 saturated carbocycles. The summed E-state index contributed by atoms with van der Waals surface area (Å²) in [6.07, 6.45) is 1.98. The van der Waals surface area contributed by atoms with Crippen LogP contribution < -0.4 is 5.32 Å². The minimum absolute atomic E-state index is 0.180. The van der Waals surface area contributed by atoms with Gasteiger partial charge in [-0.1, -0.05) is 74.0 Å². The van der Waals surface area contributed by atoms with Gasteiger partial charge in [0, 0.05) is 16.8 Å². The number of fused-ring (bicyclic) bond motifs is 1. The zero-order chi connectivity index (χ0) is 21.3. The predicted molar refractivity (Wildman–Crippen MR) is 124 cm³/mol. The second-order valence-corrected chi connectivity index (χ2v) is 9.38. The number of aryl methyl sites for hydroxylation is 1. The number of hydrogen-bond acceptors (Lipinski definition) is 2. The maximum absolute atomic E-state index is 12.9. The molecule has 5 heteroatoms. The van der Waals surface area contributed by atoms with Gasteiger partial charge >= 0.3 is 0 Å². The quantitative estimate of drug-likeness (QED) is 0.578. The number of hydrogen-bond donors (Lipinski definition) is 1. The summed E-state index contributed by atoms with van der Waals surface area (Å²) in [7, 11) is -3.84. The SMILES string of the molecule is Cc1ccc(S(=O)(=O)/N=C2\Nc3ccccc3\C2=C\c2ccc(C(C)C)cc2)cc1. The molecule has 1 heterocycles. The molecule has 3 aromatic carbocycles. The van der Waals surface area contributed by atoms with Crippen molar-refractivity contribution in [3.8, 4) is 0 Å². The second kappa shape index (κ2) is 7.92. The third-order valence-corrected chi connectivity index (χ3v) is 6.46. The van der Waals surface area contributed by atoms with Crippen molar-refractivity contribution in [2.24, 2.45) is 4.40 Å². The fourth-order valence-corrected chi connectivity index (χ4v) is 4.36. The number of anilines is 1. The largest absolute Gasteiger partial charge is 0.339 e. The molecule has 152 valence electrons. The molecule has 0 saturated heterocycles. The average molecular weight is 417 g/mol. The Balaban J connectivity index is 1.79. The third kappa shape index (κ3) is 4.07. The molecule has 0 bridgehead atoms. The number of nitrogens with zero attached hydrogens (tertiary/aromatic N) is 1. The van der Waals surface area contributed by atoms with Crippen molar-refractivity contribution >= 4 is 33.2 Å². The minimum Gasteiger partial charge on any atom is -0.339 e. The molecule has 30 heavy (non-hydrogen) atoms. The summed E-state index contributed by atoms with van der Waals surface area (Å²) in [5, 5.41) is 3.17. The van der Waals surface area contributed by atoms with Gasteiger partial charge in [0.25, 0.3) is 10.0 Å². The molecule has 3 aromatic rings. The van der Waals surface area contributed by atoms with Gasteiger partial charge in [-0.15, -0.1) is 4.40 Å². The van der Waals surface area contributed by atoms with Crippen LogP contribution in [0.5, 0.6) is 0 Å². The lowest BCUT2D eigenvalue weighted by molar-refractivity contribution is 0.598. The summed E-state index contributed by atoms with van der Waals surface area (Å²) in [5.74, 6) is 0.794. The Kier molecular flexibility index (Phi) is 5.31. The van der Waals surface area contributed by atoms with Crippen molar-refractivity contribution in [1.29, 1.82) is 0 Å². The third-order valence-electron chi connectivity index (χ3n) is 5.17. The van der Waals surface area contributed by atoms with Crippen LogP contribution in [0, 0.1) is 6.92 Å². The van der Waals surface area contributed by atoms with Crippen molar-refractivity contribution in [1.82, 2.24) is 0 Å². The molecule has 4 nitrogen and oxygen atoms in total. The van der Waals surface area contributed by atoms with E-state index in [-0.39, 0.29) is 4.90 Å². The van der Waals surface area contributed by atoms with Gasteiger partial charge in [0.1, 0.15) is 0 Å². The fraction of sp³-hybridized carbons (Fsp3) is 0.160. The van der Waals surface area contributed by atoms with Gasteiger partial charge in [0.2, 0.25) is 0 Å². The molecular weight excluding hydrogens is 392 g/mol. The first-order valence-electron chi connectivity index (χ1n) is 9.93. The molecule has 0 fully saturated rings. The number of para-hydroxylation sites is 1. The molecule has 1 aliphatic rings. The molecule has 0 spiro atoms. The first kappa shape index (κ1) is 20.1. The second-order valence-electron chi connectivity index (χ2n) is 7.78. The molecule has 0 amide bonds. The zero-order valence-electron chi connectivity index (χ0n) is 17.3. The van der Waals surface area contributed by atoms with E-state index in [0.717, 1.165) is 28.0 Å². The van der Waals surface area contributed by atoms with Crippen LogP contribution >= 0.6 is 0 Å². The highest BCUT2D eigenvalue weighted by atomic mass is 32.2. The maximum Gasteiger partial charge on any atom is 0.284 e. The molecule has 1 N–H and O–H groups in total. The van der Waals surface area contributed by atoms with Crippen molar-refractivity contribution < 1.29 is 8.42 Å². The minimum atomic E-state index is -3.84. The lowest BCUT2D eigenvalue weighted by Crippen LogP contribution is -2.10. The van der Waals surface area contributed by atoms with Crippen LogP contribution in [-0.4, -0.2) is 14.3 Å². The number of nitrogens with one attached hydrogen (secondary N) is 1. The molecule has 0 unspecified atom stereocenters. The van der Waals surface area contributed by atoms with Crippen molar-refractivity contribution in [2.45, 2.75) is 31.6 Å². The summed E-state index contributed by atoms with van der Waals surface area (Å²) in [5.41, 5.74) is 5.80. The number of benzene rings is 3. The maximum atomic E-state index is 12.9. The van der Waals surface area contributed by atoms with Gasteiger partial charge in [0.15, 0.2) is 5.84 Å². The van der Waals surface area contributed by atoms with E-state index in [0.29, 0.717) is 11.8 Å². The Morgan fingerprint density at radius 3 is 2.23 bits per heavy atom. The van der Waals surface area contributed by atoms with E-state index in [1.54, 1.807) is 24.3 Å². The molecular formula is C25H24N2O2S. The van der Waals surface area contributed by atoms with Gasteiger partial charge in [-0.05, 0) is 48.2 Å². The Morgan fingerprint density at radius 2 is 1.57 bits per heavy atom. The topological polar surface area (TPSA) is 58.5 Å². The highest BCUT2D eigenvalue weighted by molar-refractivity contribution is 7.90. The van der Waals surface area contributed by atoms with E-state index in [2.05, 4.69) is 47.8 Å². The summed E-state index contributed by atoms with van der Waals surface area (Å²) in [4.78, 5) is 0.180. The first-order chi connectivity index (χ1) is 14.3. The van der Waals surface area contributed by atoms with Gasteiger partial charge in [-0.25, -0.2) is 0 Å².